The second-order valence-electron chi connectivity index (χ2n) is 18.5. The Morgan fingerprint density at radius 1 is 0.333 bits per heavy atom. The molecule has 3 aromatic heterocycles. The van der Waals surface area contributed by atoms with E-state index in [1.807, 2.05) is 11.3 Å². The van der Waals surface area contributed by atoms with Crippen molar-refractivity contribution in [3.8, 4) is 55.9 Å². The third-order valence-electron chi connectivity index (χ3n) is 14.5. The Balaban J connectivity index is 0.931. The zero-order chi connectivity index (χ0) is 43.7. The van der Waals surface area contributed by atoms with Crippen molar-refractivity contribution in [2.45, 2.75) is 19.3 Å². The van der Waals surface area contributed by atoms with Gasteiger partial charge in [-0.1, -0.05) is 166 Å². The molecule has 10 aromatic carbocycles. The lowest BCUT2D eigenvalue weighted by Gasteiger charge is -2.22. The molecular formula is C63H42N2S. The molecule has 0 radical (unpaired) electrons. The summed E-state index contributed by atoms with van der Waals surface area (Å²) in [6.07, 6.45) is 0. The SMILES string of the molecule is CC1(C)c2cc(-n3c4ccccc4c4ccc(-c5ccc6c(c5)c5ccccc5n6-c5cc(-c6ccccc6)cc(-c6ccccc6)c5)cc43)ccc2-c2c1ccc1c2sc2ccccc21. The maximum Gasteiger partial charge on any atom is 0.0547 e. The highest BCUT2D eigenvalue weighted by Gasteiger charge is 2.37. The summed E-state index contributed by atoms with van der Waals surface area (Å²) in [5.74, 6) is 0. The molecule has 0 spiro atoms. The first-order chi connectivity index (χ1) is 32.5. The van der Waals surface area contributed by atoms with Crippen LogP contribution in [0.2, 0.25) is 0 Å². The van der Waals surface area contributed by atoms with Crippen LogP contribution in [0, 0.1) is 0 Å². The van der Waals surface area contributed by atoms with Gasteiger partial charge in [0.15, 0.2) is 0 Å². The van der Waals surface area contributed by atoms with E-state index in [4.69, 9.17) is 0 Å². The largest absolute Gasteiger partial charge is 0.309 e. The van der Waals surface area contributed by atoms with E-state index in [1.54, 1.807) is 0 Å². The summed E-state index contributed by atoms with van der Waals surface area (Å²) in [6.45, 7) is 4.81. The minimum absolute atomic E-state index is 0.143. The molecule has 0 saturated heterocycles. The second kappa shape index (κ2) is 14.0. The van der Waals surface area contributed by atoms with Crippen molar-refractivity contribution in [1.29, 1.82) is 0 Å². The summed E-state index contributed by atoms with van der Waals surface area (Å²) < 4.78 is 7.69. The minimum Gasteiger partial charge on any atom is -0.309 e. The summed E-state index contributed by atoms with van der Waals surface area (Å²) in [7, 11) is 0. The van der Waals surface area contributed by atoms with Crippen molar-refractivity contribution in [3.05, 3.63) is 230 Å². The molecule has 0 fully saturated rings. The van der Waals surface area contributed by atoms with E-state index in [0.717, 1.165) is 5.69 Å². The fourth-order valence-corrected chi connectivity index (χ4v) is 12.6. The Labute approximate surface area is 386 Å². The number of para-hydroxylation sites is 2. The van der Waals surface area contributed by atoms with Crippen LogP contribution in [0.5, 0.6) is 0 Å². The lowest BCUT2D eigenvalue weighted by atomic mass is 9.82. The van der Waals surface area contributed by atoms with Crippen LogP contribution in [0.15, 0.2) is 218 Å². The van der Waals surface area contributed by atoms with Crippen LogP contribution >= 0.6 is 11.3 Å². The van der Waals surface area contributed by atoms with Crippen LogP contribution < -0.4 is 0 Å². The monoisotopic (exact) mass is 858 g/mol. The third-order valence-corrected chi connectivity index (χ3v) is 15.7. The Kier molecular flexibility index (Phi) is 7.94. The average Bonchev–Trinajstić information content (AvgIpc) is 4.09. The molecule has 310 valence electrons. The molecule has 1 aliphatic carbocycles. The van der Waals surface area contributed by atoms with Crippen molar-refractivity contribution in [3.63, 3.8) is 0 Å². The first kappa shape index (κ1) is 37.4. The molecule has 0 unspecified atom stereocenters. The van der Waals surface area contributed by atoms with Crippen LogP contribution in [0.4, 0.5) is 0 Å². The highest BCUT2D eigenvalue weighted by Crippen LogP contribution is 2.54. The zero-order valence-electron chi connectivity index (χ0n) is 36.6. The molecule has 0 N–H and O–H groups in total. The number of fused-ring (bicyclic) bond motifs is 13. The van der Waals surface area contributed by atoms with Crippen LogP contribution in [-0.4, -0.2) is 9.13 Å². The molecule has 0 aliphatic heterocycles. The molecule has 14 rings (SSSR count). The average molecular weight is 859 g/mol. The van der Waals surface area contributed by atoms with Crippen LogP contribution in [-0.2, 0) is 5.41 Å². The van der Waals surface area contributed by atoms with Gasteiger partial charge in [-0.15, -0.1) is 11.3 Å². The maximum absolute atomic E-state index is 2.50. The van der Waals surface area contributed by atoms with Gasteiger partial charge in [-0.3, -0.25) is 0 Å². The summed E-state index contributed by atoms with van der Waals surface area (Å²) in [6, 6.07) is 81.2. The summed E-state index contributed by atoms with van der Waals surface area (Å²) in [5, 5.41) is 7.71. The quantitative estimate of drug-likeness (QED) is 0.163. The predicted molar refractivity (Wildman–Crippen MR) is 282 cm³/mol. The van der Waals surface area contributed by atoms with Crippen LogP contribution in [0.1, 0.15) is 25.0 Å². The van der Waals surface area contributed by atoms with Gasteiger partial charge >= 0.3 is 0 Å². The van der Waals surface area contributed by atoms with Gasteiger partial charge in [-0.25, -0.2) is 0 Å². The van der Waals surface area contributed by atoms with Gasteiger partial charge in [0.25, 0.3) is 0 Å². The number of nitrogens with zero attached hydrogens (tertiary/aromatic N) is 2. The molecule has 3 heteroatoms. The predicted octanol–water partition coefficient (Wildman–Crippen LogP) is 17.6. The molecule has 0 amide bonds. The number of hydrogen-bond donors (Lipinski definition) is 0. The highest BCUT2D eigenvalue weighted by molar-refractivity contribution is 7.26. The number of hydrogen-bond acceptors (Lipinski definition) is 1. The van der Waals surface area contributed by atoms with Gasteiger partial charge in [0.2, 0.25) is 0 Å². The summed E-state index contributed by atoms with van der Waals surface area (Å²) in [4.78, 5) is 0. The Morgan fingerprint density at radius 3 is 1.62 bits per heavy atom. The third kappa shape index (κ3) is 5.41. The highest BCUT2D eigenvalue weighted by atomic mass is 32.1. The Morgan fingerprint density at radius 2 is 0.894 bits per heavy atom. The fourth-order valence-electron chi connectivity index (χ4n) is 11.3. The van der Waals surface area contributed by atoms with Crippen LogP contribution in [0.25, 0.3) is 120 Å². The van der Waals surface area contributed by atoms with Crippen molar-refractivity contribution in [2.75, 3.05) is 0 Å². The van der Waals surface area contributed by atoms with Gasteiger partial charge in [-0.2, -0.15) is 0 Å². The zero-order valence-corrected chi connectivity index (χ0v) is 37.4. The molecule has 0 saturated carbocycles. The lowest BCUT2D eigenvalue weighted by molar-refractivity contribution is 0.660. The van der Waals surface area contributed by atoms with Gasteiger partial charge in [0.05, 0.1) is 22.1 Å². The van der Waals surface area contributed by atoms with Crippen LogP contribution in [0.3, 0.4) is 0 Å². The van der Waals surface area contributed by atoms with E-state index in [2.05, 4.69) is 241 Å². The molecule has 0 bridgehead atoms. The van der Waals surface area contributed by atoms with Gasteiger partial charge in [0.1, 0.15) is 0 Å². The summed E-state index contributed by atoms with van der Waals surface area (Å²) >= 11 is 1.93. The van der Waals surface area contributed by atoms with Gasteiger partial charge in [0, 0.05) is 64.1 Å². The number of aromatic nitrogens is 2. The topological polar surface area (TPSA) is 9.86 Å². The molecule has 1 aliphatic rings. The van der Waals surface area contributed by atoms with E-state index in [-0.39, 0.29) is 5.41 Å². The fraction of sp³-hybridized carbons (Fsp3) is 0.0476. The second-order valence-corrected chi connectivity index (χ2v) is 19.5. The normalized spacial score (nSPS) is 13.1. The van der Waals surface area contributed by atoms with Crippen molar-refractivity contribution < 1.29 is 0 Å². The first-order valence-corrected chi connectivity index (χ1v) is 23.7. The van der Waals surface area contributed by atoms with E-state index in [9.17, 15) is 0 Å². The lowest BCUT2D eigenvalue weighted by Crippen LogP contribution is -2.15. The summed E-state index contributed by atoms with van der Waals surface area (Å²) in [5.41, 5.74) is 19.8. The molecule has 66 heavy (non-hydrogen) atoms. The minimum atomic E-state index is -0.143. The van der Waals surface area contributed by atoms with Crippen molar-refractivity contribution in [2.24, 2.45) is 0 Å². The smallest absolute Gasteiger partial charge is 0.0547 e. The standard InChI is InChI=1S/C63H42N2S/c1-63(2)54-31-30-51-50-21-11-14-24-60(50)66-62(51)61(54)52-29-27-45(38-55(52)63)64-56-22-12-9-19-47(56)49-28-25-42(37-59(49)64)41-26-32-58-53(36-41)48-20-10-13-23-57(48)65(58)46-34-43(39-15-5-3-6-16-39)33-44(35-46)40-17-7-4-8-18-40/h3-38H,1-2H3. The Bertz CT molecular complexity index is 4070. The number of rotatable bonds is 5. The van der Waals surface area contributed by atoms with E-state index in [1.165, 1.54) is 125 Å². The molecule has 13 aromatic rings. The van der Waals surface area contributed by atoms with Gasteiger partial charge in [-0.05, 0) is 117 Å². The molecular weight excluding hydrogens is 817 g/mol. The molecule has 2 nitrogen and oxygen atoms in total. The Hall–Kier alpha value is -7.98. The van der Waals surface area contributed by atoms with E-state index < -0.39 is 0 Å². The molecule has 0 atom stereocenters. The number of benzene rings is 10. The maximum atomic E-state index is 2.50. The number of thiophene rings is 1. The van der Waals surface area contributed by atoms with E-state index >= 15 is 0 Å². The van der Waals surface area contributed by atoms with Gasteiger partial charge < -0.3 is 9.13 Å². The first-order valence-electron chi connectivity index (χ1n) is 22.9. The van der Waals surface area contributed by atoms with E-state index in [0.29, 0.717) is 0 Å². The van der Waals surface area contributed by atoms with Crippen molar-refractivity contribution in [1.82, 2.24) is 9.13 Å². The molecule has 3 heterocycles. The van der Waals surface area contributed by atoms with Crippen molar-refractivity contribution >= 4 is 75.1 Å².